The Morgan fingerprint density at radius 3 is 2.65 bits per heavy atom. The number of nitrogens with zero attached hydrogens (tertiary/aromatic N) is 3. The smallest absolute Gasteiger partial charge is 0.241 e. The predicted octanol–water partition coefficient (Wildman–Crippen LogP) is 7.07. The van der Waals surface area contributed by atoms with Gasteiger partial charge in [0, 0.05) is 31.2 Å². The van der Waals surface area contributed by atoms with Crippen molar-refractivity contribution in [1.29, 1.82) is 5.26 Å². The molecule has 0 spiro atoms. The van der Waals surface area contributed by atoms with Crippen LogP contribution < -0.4 is 9.47 Å². The monoisotopic (exact) mass is 549 g/mol. The Hall–Kier alpha value is -3.70. The van der Waals surface area contributed by atoms with E-state index in [1.54, 1.807) is 18.3 Å². The van der Waals surface area contributed by atoms with Gasteiger partial charge in [0.15, 0.2) is 5.78 Å². The summed E-state index contributed by atoms with van der Waals surface area (Å²) in [6.07, 6.45) is 5.83. The maximum Gasteiger partial charge on any atom is 0.241 e. The van der Waals surface area contributed by atoms with Gasteiger partial charge in [-0.05, 0) is 68.4 Å². The first-order valence-electron chi connectivity index (χ1n) is 13.8. The van der Waals surface area contributed by atoms with Gasteiger partial charge in [0.25, 0.3) is 0 Å². The molecule has 0 saturated heterocycles. The molecule has 40 heavy (non-hydrogen) atoms. The van der Waals surface area contributed by atoms with Crippen molar-refractivity contribution >= 4 is 11.4 Å². The lowest BCUT2D eigenvalue weighted by Crippen LogP contribution is -2.18. The first kappa shape index (κ1) is 30.8. The Kier molecular flexibility index (Phi) is 10.5. The van der Waals surface area contributed by atoms with Crippen molar-refractivity contribution in [2.75, 3.05) is 13.7 Å². The molecule has 0 saturated carbocycles. The Balaban J connectivity index is 2.04. The zero-order chi connectivity index (χ0) is 29.4. The number of fused-ring (bicyclic) bond motifs is 1. The first-order valence-corrected chi connectivity index (χ1v) is 13.8. The second-order valence-electron chi connectivity index (χ2n) is 10.8. The number of hydrogen-bond donors (Lipinski definition) is 1. The molecule has 7 nitrogen and oxygen atoms in total. The minimum absolute atomic E-state index is 0.0422. The fourth-order valence-corrected chi connectivity index (χ4v) is 4.88. The molecule has 8 heteroatoms. The molecule has 0 aliphatic rings. The highest BCUT2D eigenvalue weighted by Gasteiger charge is 2.26. The van der Waals surface area contributed by atoms with Crippen molar-refractivity contribution in [2.45, 2.75) is 71.6 Å². The average molecular weight is 550 g/mol. The number of rotatable bonds is 15. The summed E-state index contributed by atoms with van der Waals surface area (Å²) >= 11 is 0. The number of pyridine rings is 1. The quantitative estimate of drug-likeness (QED) is 0.161. The summed E-state index contributed by atoms with van der Waals surface area (Å²) in [6.45, 7) is 11.5. The predicted molar refractivity (Wildman–Crippen MR) is 154 cm³/mol. The highest BCUT2D eigenvalue weighted by Crippen LogP contribution is 2.38. The van der Waals surface area contributed by atoms with Crippen LogP contribution in [0.4, 0.5) is 4.39 Å². The van der Waals surface area contributed by atoms with Gasteiger partial charge in [-0.15, -0.1) is 6.58 Å². The van der Waals surface area contributed by atoms with Crippen LogP contribution in [0.5, 0.6) is 11.5 Å². The highest BCUT2D eigenvalue weighted by atomic mass is 19.1. The molecule has 0 radical (unpaired) electrons. The Morgan fingerprint density at radius 1 is 1.30 bits per heavy atom. The van der Waals surface area contributed by atoms with E-state index in [1.807, 2.05) is 43.5 Å². The van der Waals surface area contributed by atoms with Crippen LogP contribution in [-0.4, -0.2) is 40.3 Å². The second kappa shape index (κ2) is 13.6. The van der Waals surface area contributed by atoms with E-state index in [1.165, 1.54) is 13.2 Å². The second-order valence-corrected chi connectivity index (χ2v) is 10.8. The van der Waals surface area contributed by atoms with E-state index < -0.39 is 11.8 Å². The summed E-state index contributed by atoms with van der Waals surface area (Å²) < 4.78 is 27.9. The lowest BCUT2D eigenvalue weighted by molar-refractivity contribution is 0.0682. The van der Waals surface area contributed by atoms with Crippen LogP contribution >= 0.6 is 0 Å². The number of halogens is 1. The number of alkyl halides is 1. The standard InChI is InChI=1S/C32H40FN3O4/c1-7-9-22(19-37)21(3)11-12-26(38)31-27(39-6)15-23(16-28(31)40-29(33)10-8-2)25-18-35-30-17-24(13-14-36(25)30)32(4,5)20-34/h8,13-18,21-22,29,37H,2,7,9-12,19H2,1,3-6H3. The van der Waals surface area contributed by atoms with Crippen LogP contribution in [0.25, 0.3) is 16.9 Å². The van der Waals surface area contributed by atoms with E-state index in [0.29, 0.717) is 23.3 Å². The average Bonchev–Trinajstić information content (AvgIpc) is 3.37. The molecule has 3 unspecified atom stereocenters. The number of aromatic nitrogens is 2. The fourth-order valence-electron chi connectivity index (χ4n) is 4.88. The highest BCUT2D eigenvalue weighted by molar-refractivity contribution is 6.02. The van der Waals surface area contributed by atoms with Gasteiger partial charge in [0.05, 0.1) is 30.5 Å². The largest absolute Gasteiger partial charge is 0.496 e. The summed E-state index contributed by atoms with van der Waals surface area (Å²) in [5.74, 6) is 0.416. The van der Waals surface area contributed by atoms with Crippen LogP contribution in [0.1, 0.15) is 75.7 Å². The van der Waals surface area contributed by atoms with Gasteiger partial charge in [-0.2, -0.15) is 5.26 Å². The number of benzene rings is 1. The van der Waals surface area contributed by atoms with E-state index in [9.17, 15) is 19.6 Å². The molecular weight excluding hydrogens is 509 g/mol. The number of Topliss-reactive ketones (excluding diaryl/α,β-unsaturated/α-hetero) is 1. The third-order valence-electron chi connectivity index (χ3n) is 7.51. The lowest BCUT2D eigenvalue weighted by atomic mass is 9.86. The summed E-state index contributed by atoms with van der Waals surface area (Å²) in [5.41, 5.74) is 2.32. The molecule has 1 aromatic carbocycles. The minimum atomic E-state index is -1.69. The molecular formula is C32H40FN3O4. The SMILES string of the molecule is C=CCC(F)Oc1cc(-c2cnc3cc(C(C)(C)C#N)ccn23)cc(OC)c1C(=O)CCC(C)C(CO)CCC. The summed E-state index contributed by atoms with van der Waals surface area (Å²) in [7, 11) is 1.47. The van der Waals surface area contributed by atoms with E-state index in [4.69, 9.17) is 9.47 Å². The molecule has 3 atom stereocenters. The van der Waals surface area contributed by atoms with Crippen LogP contribution in [0.2, 0.25) is 0 Å². The van der Waals surface area contributed by atoms with Crippen molar-refractivity contribution in [3.63, 3.8) is 0 Å². The number of nitriles is 1. The van der Waals surface area contributed by atoms with E-state index in [-0.39, 0.29) is 54.1 Å². The van der Waals surface area contributed by atoms with Crippen molar-refractivity contribution < 1.29 is 23.8 Å². The molecule has 1 N–H and O–H groups in total. The zero-order valence-corrected chi connectivity index (χ0v) is 24.1. The van der Waals surface area contributed by atoms with Gasteiger partial charge in [-0.3, -0.25) is 9.20 Å². The van der Waals surface area contributed by atoms with Crippen LogP contribution in [0.15, 0.2) is 49.3 Å². The van der Waals surface area contributed by atoms with Gasteiger partial charge in [0.2, 0.25) is 6.36 Å². The van der Waals surface area contributed by atoms with Crippen LogP contribution in [-0.2, 0) is 5.41 Å². The van der Waals surface area contributed by atoms with Gasteiger partial charge in [0.1, 0.15) is 22.7 Å². The molecule has 0 aliphatic carbocycles. The number of ketones is 1. The maximum absolute atomic E-state index is 14.7. The number of aliphatic hydroxyl groups is 1. The molecule has 2 heterocycles. The van der Waals surface area contributed by atoms with Crippen molar-refractivity contribution in [2.24, 2.45) is 11.8 Å². The number of aliphatic hydroxyl groups excluding tert-OH is 1. The van der Waals surface area contributed by atoms with Gasteiger partial charge in [-0.1, -0.05) is 26.3 Å². The topological polar surface area (TPSA) is 96.9 Å². The van der Waals surface area contributed by atoms with Crippen LogP contribution in [0, 0.1) is 23.2 Å². The van der Waals surface area contributed by atoms with Gasteiger partial charge in [-0.25, -0.2) is 9.37 Å². The molecule has 3 rings (SSSR count). The van der Waals surface area contributed by atoms with Gasteiger partial charge >= 0.3 is 0 Å². The zero-order valence-electron chi connectivity index (χ0n) is 24.1. The molecule has 3 aromatic rings. The Bertz CT molecular complexity index is 1370. The summed E-state index contributed by atoms with van der Waals surface area (Å²) in [4.78, 5) is 18.0. The molecule has 0 bridgehead atoms. The number of hydrogen-bond acceptors (Lipinski definition) is 6. The molecule has 0 aliphatic heterocycles. The lowest BCUT2D eigenvalue weighted by Gasteiger charge is -2.22. The number of carbonyl (C=O) groups excluding carboxylic acids is 1. The first-order chi connectivity index (χ1) is 19.1. The third kappa shape index (κ3) is 6.89. The van der Waals surface area contributed by atoms with E-state index >= 15 is 0 Å². The van der Waals surface area contributed by atoms with Gasteiger partial charge < -0.3 is 14.6 Å². The van der Waals surface area contributed by atoms with Crippen molar-refractivity contribution in [3.05, 3.63) is 60.4 Å². The molecule has 0 amide bonds. The minimum Gasteiger partial charge on any atom is -0.496 e. The number of imidazole rings is 1. The molecule has 2 aromatic heterocycles. The Morgan fingerprint density at radius 2 is 2.02 bits per heavy atom. The summed E-state index contributed by atoms with van der Waals surface area (Å²) in [5, 5.41) is 19.3. The number of methoxy groups -OCH3 is 1. The van der Waals surface area contributed by atoms with E-state index in [0.717, 1.165) is 18.4 Å². The third-order valence-corrected chi connectivity index (χ3v) is 7.51. The normalized spacial score (nSPS) is 13.8. The molecule has 0 fully saturated rings. The van der Waals surface area contributed by atoms with E-state index in [2.05, 4.69) is 24.6 Å². The van der Waals surface area contributed by atoms with Crippen molar-refractivity contribution in [1.82, 2.24) is 9.38 Å². The number of carbonyl (C=O) groups is 1. The summed E-state index contributed by atoms with van der Waals surface area (Å²) in [6, 6.07) is 9.40. The Labute approximate surface area is 236 Å². The fraction of sp³-hybridized carbons (Fsp3) is 0.469. The number of ether oxygens (including phenoxy) is 2. The van der Waals surface area contributed by atoms with Crippen molar-refractivity contribution in [3.8, 4) is 28.8 Å². The van der Waals surface area contributed by atoms with Crippen LogP contribution in [0.3, 0.4) is 0 Å². The molecule has 214 valence electrons. The maximum atomic E-state index is 14.7.